The van der Waals surface area contributed by atoms with Crippen LogP contribution in [0.1, 0.15) is 38.3 Å². The van der Waals surface area contributed by atoms with Crippen LogP contribution in [0.2, 0.25) is 0 Å². The molecule has 0 saturated carbocycles. The number of benzene rings is 2. The number of carbonyl (C=O) groups excluding carboxylic acids is 2. The third-order valence-electron chi connectivity index (χ3n) is 4.89. The van der Waals surface area contributed by atoms with Crippen molar-refractivity contribution in [2.24, 2.45) is 5.92 Å². The minimum absolute atomic E-state index is 0.0263. The Bertz CT molecular complexity index is 765. The van der Waals surface area contributed by atoms with Crippen molar-refractivity contribution in [3.63, 3.8) is 0 Å². The number of nitrogens with zero attached hydrogens (tertiary/aromatic N) is 1. The topological polar surface area (TPSA) is 49.4 Å². The first-order valence-corrected chi connectivity index (χ1v) is 11.9. The molecule has 1 atom stereocenters. The molecule has 2 aromatic carbocycles. The zero-order valence-corrected chi connectivity index (χ0v) is 19.2. The van der Waals surface area contributed by atoms with Gasteiger partial charge in [-0.25, -0.2) is 0 Å². The molecule has 2 rings (SSSR count). The van der Waals surface area contributed by atoms with Gasteiger partial charge in [-0.2, -0.15) is 0 Å². The van der Waals surface area contributed by atoms with Crippen molar-refractivity contribution in [3.05, 3.63) is 71.8 Å². The molecule has 0 radical (unpaired) electrons. The van der Waals surface area contributed by atoms with Gasteiger partial charge in [-0.1, -0.05) is 81.4 Å². The predicted molar refractivity (Wildman–Crippen MR) is 126 cm³/mol. The lowest BCUT2D eigenvalue weighted by atomic mass is 10.1. The van der Waals surface area contributed by atoms with Crippen LogP contribution < -0.4 is 5.32 Å². The van der Waals surface area contributed by atoms with Crippen molar-refractivity contribution in [2.75, 3.05) is 18.8 Å². The summed E-state index contributed by atoms with van der Waals surface area (Å²) in [5, 5.41) is 3.01. The van der Waals surface area contributed by atoms with E-state index in [2.05, 4.69) is 43.4 Å². The number of hydrogen-bond acceptors (Lipinski definition) is 3. The smallest absolute Gasteiger partial charge is 0.242 e. The summed E-state index contributed by atoms with van der Waals surface area (Å²) in [5.74, 6) is 1.51. The van der Waals surface area contributed by atoms with Crippen molar-refractivity contribution >= 4 is 23.6 Å². The molecule has 4 nitrogen and oxygen atoms in total. The van der Waals surface area contributed by atoms with E-state index in [1.807, 2.05) is 43.3 Å². The number of carbonyl (C=O) groups is 2. The van der Waals surface area contributed by atoms with Crippen LogP contribution in [0, 0.1) is 5.92 Å². The van der Waals surface area contributed by atoms with E-state index in [0.717, 1.165) is 12.2 Å². The van der Waals surface area contributed by atoms with Crippen LogP contribution in [0.15, 0.2) is 60.7 Å². The van der Waals surface area contributed by atoms with Gasteiger partial charge in [-0.3, -0.25) is 9.59 Å². The van der Waals surface area contributed by atoms with Crippen molar-refractivity contribution in [2.45, 2.75) is 45.4 Å². The molecule has 2 aromatic rings. The molecule has 5 heteroatoms. The molecule has 0 fully saturated rings. The Labute approximate surface area is 185 Å². The van der Waals surface area contributed by atoms with E-state index in [9.17, 15) is 9.59 Å². The Kier molecular flexibility index (Phi) is 10.5. The van der Waals surface area contributed by atoms with Crippen LogP contribution >= 0.6 is 11.8 Å². The molecule has 0 aliphatic heterocycles. The minimum Gasteiger partial charge on any atom is -0.354 e. The van der Waals surface area contributed by atoms with Gasteiger partial charge in [0.05, 0.1) is 5.75 Å². The molecule has 0 aromatic heterocycles. The first-order chi connectivity index (χ1) is 14.5. The Morgan fingerprint density at radius 2 is 1.57 bits per heavy atom. The average Bonchev–Trinajstić information content (AvgIpc) is 2.76. The van der Waals surface area contributed by atoms with E-state index in [4.69, 9.17) is 0 Å². The monoisotopic (exact) mass is 426 g/mol. The normalized spacial score (nSPS) is 11.9. The van der Waals surface area contributed by atoms with Gasteiger partial charge in [0.1, 0.15) is 6.04 Å². The van der Waals surface area contributed by atoms with Crippen molar-refractivity contribution in [1.82, 2.24) is 10.2 Å². The highest BCUT2D eigenvalue weighted by molar-refractivity contribution is 7.99. The van der Waals surface area contributed by atoms with E-state index >= 15 is 0 Å². The second-order valence-electron chi connectivity index (χ2n) is 7.86. The van der Waals surface area contributed by atoms with Gasteiger partial charge in [0, 0.05) is 18.8 Å². The number of amides is 2. The predicted octanol–water partition coefficient (Wildman–Crippen LogP) is 4.54. The molecule has 30 heavy (non-hydrogen) atoms. The van der Waals surface area contributed by atoms with Crippen LogP contribution in [0.25, 0.3) is 0 Å². The zero-order valence-electron chi connectivity index (χ0n) is 18.3. The average molecular weight is 427 g/mol. The summed E-state index contributed by atoms with van der Waals surface area (Å²) in [4.78, 5) is 27.7. The fraction of sp³-hybridized carbons (Fsp3) is 0.440. The summed E-state index contributed by atoms with van der Waals surface area (Å²) in [6.07, 6.45) is 1.34. The van der Waals surface area contributed by atoms with Gasteiger partial charge in [0.2, 0.25) is 11.8 Å². The summed E-state index contributed by atoms with van der Waals surface area (Å²) >= 11 is 1.60. The third kappa shape index (κ3) is 8.23. The highest BCUT2D eigenvalue weighted by Gasteiger charge is 2.28. The van der Waals surface area contributed by atoms with Gasteiger partial charge >= 0.3 is 0 Å². The molecule has 0 bridgehead atoms. The molecule has 1 N–H and O–H groups in total. The number of nitrogens with one attached hydrogen (secondary N) is 1. The van der Waals surface area contributed by atoms with Gasteiger partial charge in [-0.15, -0.1) is 11.8 Å². The van der Waals surface area contributed by atoms with Crippen LogP contribution in [-0.2, 0) is 21.8 Å². The number of thioether (sulfide) groups is 1. The van der Waals surface area contributed by atoms with E-state index in [-0.39, 0.29) is 11.8 Å². The van der Waals surface area contributed by atoms with Crippen molar-refractivity contribution in [3.8, 4) is 0 Å². The summed E-state index contributed by atoms with van der Waals surface area (Å²) in [6, 6.07) is 19.8. The van der Waals surface area contributed by atoms with Gasteiger partial charge in [-0.05, 0) is 29.9 Å². The molecular formula is C25H34N2O2S. The Hall–Kier alpha value is -2.27. The van der Waals surface area contributed by atoms with Crippen LogP contribution in [0.3, 0.4) is 0 Å². The molecule has 0 heterocycles. The quantitative estimate of drug-likeness (QED) is 0.542. The van der Waals surface area contributed by atoms with Gasteiger partial charge in [0.25, 0.3) is 0 Å². The second-order valence-corrected chi connectivity index (χ2v) is 8.85. The summed E-state index contributed by atoms with van der Waals surface area (Å²) in [5.41, 5.74) is 2.37. The molecule has 0 aliphatic carbocycles. The SMILES string of the molecule is CC[C@@H](C(=O)NCC(C)C)N(CCc1ccccc1)C(=O)CSCc1ccccc1. The van der Waals surface area contributed by atoms with Crippen LogP contribution in [0.5, 0.6) is 0 Å². The van der Waals surface area contributed by atoms with Gasteiger partial charge < -0.3 is 10.2 Å². The molecule has 162 valence electrons. The largest absolute Gasteiger partial charge is 0.354 e. The molecule has 0 unspecified atom stereocenters. The number of rotatable bonds is 12. The lowest BCUT2D eigenvalue weighted by Crippen LogP contribution is -2.51. The fourth-order valence-corrected chi connectivity index (χ4v) is 4.10. The lowest BCUT2D eigenvalue weighted by molar-refractivity contribution is -0.138. The second kappa shape index (κ2) is 13.1. The highest BCUT2D eigenvalue weighted by atomic mass is 32.2. The molecule has 2 amide bonds. The first kappa shape index (κ1) is 24.0. The highest BCUT2D eigenvalue weighted by Crippen LogP contribution is 2.15. The standard InChI is InChI=1S/C25H34N2O2S/c1-4-23(25(29)26-17-20(2)3)27(16-15-21-11-7-5-8-12-21)24(28)19-30-18-22-13-9-6-10-14-22/h5-14,20,23H,4,15-19H2,1-3H3,(H,26,29)/t23-/m0/s1. The van der Waals surface area contributed by atoms with Crippen LogP contribution in [-0.4, -0.2) is 41.6 Å². The summed E-state index contributed by atoms with van der Waals surface area (Å²) in [7, 11) is 0. The maximum Gasteiger partial charge on any atom is 0.242 e. The van der Waals surface area contributed by atoms with E-state index in [1.54, 1.807) is 16.7 Å². The summed E-state index contributed by atoms with van der Waals surface area (Å²) < 4.78 is 0. The molecule has 0 spiro atoms. The summed E-state index contributed by atoms with van der Waals surface area (Å²) in [6.45, 7) is 7.28. The zero-order chi connectivity index (χ0) is 21.8. The molecular weight excluding hydrogens is 392 g/mol. The van der Waals surface area contributed by atoms with E-state index in [1.165, 1.54) is 11.1 Å². The minimum atomic E-state index is -0.433. The van der Waals surface area contributed by atoms with Crippen molar-refractivity contribution in [1.29, 1.82) is 0 Å². The maximum absolute atomic E-state index is 13.1. The lowest BCUT2D eigenvalue weighted by Gasteiger charge is -2.31. The molecule has 0 aliphatic rings. The Morgan fingerprint density at radius 1 is 0.967 bits per heavy atom. The maximum atomic E-state index is 13.1. The van der Waals surface area contributed by atoms with E-state index in [0.29, 0.717) is 31.2 Å². The first-order valence-electron chi connectivity index (χ1n) is 10.7. The van der Waals surface area contributed by atoms with E-state index < -0.39 is 6.04 Å². The third-order valence-corrected chi connectivity index (χ3v) is 5.88. The van der Waals surface area contributed by atoms with Crippen molar-refractivity contribution < 1.29 is 9.59 Å². The fourth-order valence-electron chi connectivity index (χ4n) is 3.23. The van der Waals surface area contributed by atoms with Gasteiger partial charge in [0.15, 0.2) is 0 Å². The Balaban J connectivity index is 2.03. The Morgan fingerprint density at radius 3 is 2.13 bits per heavy atom. The number of hydrogen-bond donors (Lipinski definition) is 1. The molecule has 0 saturated heterocycles. The van der Waals surface area contributed by atoms with Crippen LogP contribution in [0.4, 0.5) is 0 Å².